The van der Waals surface area contributed by atoms with Gasteiger partial charge in [-0.15, -0.1) is 0 Å². The molecule has 0 aliphatic rings. The Morgan fingerprint density at radius 3 is 2.17 bits per heavy atom. The van der Waals surface area contributed by atoms with Gasteiger partial charge in [0.2, 0.25) is 0 Å². The third-order valence-corrected chi connectivity index (χ3v) is 6.67. The molecule has 4 rings (SSSR count). The number of para-hydroxylation sites is 1. The van der Waals surface area contributed by atoms with Crippen molar-refractivity contribution in [2.75, 3.05) is 0 Å². The second-order valence-corrected chi connectivity index (χ2v) is 9.65. The summed E-state index contributed by atoms with van der Waals surface area (Å²) in [6, 6.07) is 19.5. The number of hydrogen-bond donors (Lipinski definition) is 1. The number of benzene rings is 3. The predicted molar refractivity (Wildman–Crippen MR) is 150 cm³/mol. The molecule has 0 radical (unpaired) electrons. The van der Waals surface area contributed by atoms with Crippen LogP contribution >= 0.6 is 0 Å². The molecule has 0 amide bonds. The number of esters is 1. The Hall–Kier alpha value is -4.40. The van der Waals surface area contributed by atoms with Crippen LogP contribution in [0, 0.1) is 0 Å². The summed E-state index contributed by atoms with van der Waals surface area (Å²) in [5, 5.41) is 13.6. The molecule has 0 aliphatic carbocycles. The second kappa shape index (κ2) is 12.8. The summed E-state index contributed by atoms with van der Waals surface area (Å²) in [5.74, 6) is -0.850. The van der Waals surface area contributed by atoms with Crippen LogP contribution < -0.4 is 4.74 Å². The lowest BCUT2D eigenvalue weighted by atomic mass is 9.98. The minimum absolute atomic E-state index is 0.0741. The Kier molecular flexibility index (Phi) is 9.27. The number of aryl methyl sites for hydroxylation is 1. The number of alkyl halides is 3. The van der Waals surface area contributed by atoms with Gasteiger partial charge in [0.15, 0.2) is 0 Å². The van der Waals surface area contributed by atoms with Crippen LogP contribution in [0.25, 0.3) is 28.2 Å². The van der Waals surface area contributed by atoms with Gasteiger partial charge >= 0.3 is 18.1 Å². The number of carboxylic acids is 1. The van der Waals surface area contributed by atoms with E-state index in [2.05, 4.69) is 0 Å². The van der Waals surface area contributed by atoms with Crippen molar-refractivity contribution in [1.82, 2.24) is 9.78 Å². The number of aromatic nitrogens is 2. The maximum Gasteiger partial charge on any atom is 0.418 e. The molecule has 0 fully saturated rings. The fourth-order valence-corrected chi connectivity index (χ4v) is 4.73. The first kappa shape index (κ1) is 29.6. The Morgan fingerprint density at radius 2 is 1.56 bits per heavy atom. The van der Waals surface area contributed by atoms with Crippen LogP contribution in [0.15, 0.2) is 72.8 Å². The molecule has 0 saturated carbocycles. The van der Waals surface area contributed by atoms with Gasteiger partial charge in [0.1, 0.15) is 5.75 Å². The Morgan fingerprint density at radius 1 is 0.902 bits per heavy atom. The van der Waals surface area contributed by atoms with Crippen molar-refractivity contribution in [2.24, 2.45) is 0 Å². The summed E-state index contributed by atoms with van der Waals surface area (Å²) in [4.78, 5) is 22.8. The van der Waals surface area contributed by atoms with Crippen LogP contribution in [0.1, 0.15) is 56.2 Å². The molecule has 41 heavy (non-hydrogen) atoms. The van der Waals surface area contributed by atoms with E-state index in [1.807, 2.05) is 38.1 Å². The van der Waals surface area contributed by atoms with Gasteiger partial charge in [-0.3, -0.25) is 9.59 Å². The van der Waals surface area contributed by atoms with Crippen LogP contribution in [-0.2, 0) is 28.6 Å². The number of carbonyl (C=O) groups excluding carboxylic acids is 1. The minimum atomic E-state index is -4.60. The number of carbonyl (C=O) groups is 2. The number of aliphatic carboxylic acids is 1. The van der Waals surface area contributed by atoms with Gasteiger partial charge in [-0.2, -0.15) is 18.3 Å². The van der Waals surface area contributed by atoms with Gasteiger partial charge in [-0.25, -0.2) is 4.68 Å². The third kappa shape index (κ3) is 7.03. The van der Waals surface area contributed by atoms with Gasteiger partial charge in [0.05, 0.1) is 22.6 Å². The molecular weight excluding hydrogens is 533 g/mol. The summed E-state index contributed by atoms with van der Waals surface area (Å²) >= 11 is 0. The van der Waals surface area contributed by atoms with E-state index in [4.69, 9.17) is 14.9 Å². The topological polar surface area (TPSA) is 81.4 Å². The van der Waals surface area contributed by atoms with Crippen molar-refractivity contribution in [3.63, 3.8) is 0 Å². The molecule has 214 valence electrons. The highest BCUT2D eigenvalue weighted by molar-refractivity contribution is 5.77. The summed E-state index contributed by atoms with van der Waals surface area (Å²) < 4.78 is 49.0. The molecule has 3 aromatic carbocycles. The molecule has 6 nitrogen and oxygen atoms in total. The molecule has 1 N–H and O–H groups in total. The highest BCUT2D eigenvalue weighted by Crippen LogP contribution is 2.39. The van der Waals surface area contributed by atoms with Crippen molar-refractivity contribution in [1.29, 1.82) is 0 Å². The van der Waals surface area contributed by atoms with Gasteiger partial charge < -0.3 is 9.84 Å². The molecule has 0 spiro atoms. The summed E-state index contributed by atoms with van der Waals surface area (Å²) in [6.45, 7) is 3.80. The zero-order chi connectivity index (χ0) is 29.6. The quantitative estimate of drug-likeness (QED) is 0.148. The van der Waals surface area contributed by atoms with Crippen LogP contribution in [0.2, 0.25) is 0 Å². The Labute approximate surface area is 236 Å². The van der Waals surface area contributed by atoms with Crippen molar-refractivity contribution in [3.05, 3.63) is 89.5 Å². The third-order valence-electron chi connectivity index (χ3n) is 6.67. The van der Waals surface area contributed by atoms with E-state index in [0.717, 1.165) is 22.8 Å². The molecule has 0 saturated heterocycles. The molecule has 0 bridgehead atoms. The maximum absolute atomic E-state index is 14.1. The predicted octanol–water partition coefficient (Wildman–Crippen LogP) is 7.90. The van der Waals surface area contributed by atoms with E-state index in [1.165, 1.54) is 16.8 Å². The van der Waals surface area contributed by atoms with Crippen molar-refractivity contribution >= 4 is 11.9 Å². The zero-order valence-corrected chi connectivity index (χ0v) is 22.9. The van der Waals surface area contributed by atoms with Crippen LogP contribution in [0.4, 0.5) is 13.2 Å². The average molecular weight is 565 g/mol. The molecule has 0 atom stereocenters. The number of nitrogens with zero attached hydrogens (tertiary/aromatic N) is 2. The molecule has 4 aromatic rings. The Bertz CT molecular complexity index is 1510. The fourth-order valence-electron chi connectivity index (χ4n) is 4.73. The standard InChI is InChI=1S/C32H31F3N2O4/c1-3-8-29(40)41-24-19-17-23(18-20-24)31-25(4-2)30(22-15-13-21(14-16-22)9-7-12-28(38)39)36-37(31)27-11-6-5-10-26(27)32(33,34)35/h5-6,10-11,13-20H,3-4,7-9,12H2,1-2H3,(H,38,39). The highest BCUT2D eigenvalue weighted by Gasteiger charge is 2.35. The van der Waals surface area contributed by atoms with Gasteiger partial charge in [-0.05, 0) is 67.6 Å². The molecule has 1 heterocycles. The first-order chi connectivity index (χ1) is 19.6. The maximum atomic E-state index is 14.1. The average Bonchev–Trinajstić information content (AvgIpc) is 3.33. The minimum Gasteiger partial charge on any atom is -0.481 e. The largest absolute Gasteiger partial charge is 0.481 e. The van der Waals surface area contributed by atoms with Gasteiger partial charge in [0.25, 0.3) is 0 Å². The number of halogens is 3. The summed E-state index contributed by atoms with van der Waals surface area (Å²) in [6.07, 6.45) is -1.99. The van der Waals surface area contributed by atoms with Crippen LogP contribution in [0.3, 0.4) is 0 Å². The SMILES string of the molecule is CCCC(=O)Oc1ccc(-c2c(CC)c(-c3ccc(CCCC(=O)O)cc3)nn2-c2ccccc2C(F)(F)F)cc1. The van der Waals surface area contributed by atoms with Crippen LogP contribution in [0.5, 0.6) is 5.75 Å². The molecule has 0 unspecified atom stereocenters. The van der Waals surface area contributed by atoms with E-state index in [9.17, 15) is 22.8 Å². The highest BCUT2D eigenvalue weighted by atomic mass is 19.4. The van der Waals surface area contributed by atoms with Crippen molar-refractivity contribution in [2.45, 2.75) is 58.5 Å². The van der Waals surface area contributed by atoms with Gasteiger partial charge in [0, 0.05) is 29.5 Å². The normalized spacial score (nSPS) is 11.4. The fraction of sp³-hybridized carbons (Fsp3) is 0.281. The van der Waals surface area contributed by atoms with E-state index >= 15 is 0 Å². The zero-order valence-electron chi connectivity index (χ0n) is 22.9. The number of rotatable bonds is 11. The van der Waals surface area contributed by atoms with E-state index in [-0.39, 0.29) is 24.5 Å². The molecule has 9 heteroatoms. The molecule has 1 aromatic heterocycles. The van der Waals surface area contributed by atoms with Crippen LogP contribution in [-0.4, -0.2) is 26.8 Å². The van der Waals surface area contributed by atoms with Crippen molar-refractivity contribution in [3.8, 4) is 34.0 Å². The lowest BCUT2D eigenvalue weighted by Crippen LogP contribution is -2.12. The lowest BCUT2D eigenvalue weighted by molar-refractivity contribution is -0.138. The van der Waals surface area contributed by atoms with E-state index in [0.29, 0.717) is 48.4 Å². The lowest BCUT2D eigenvalue weighted by Gasteiger charge is -2.15. The molecular formula is C32H31F3N2O4. The first-order valence-corrected chi connectivity index (χ1v) is 13.5. The summed E-state index contributed by atoms with van der Waals surface area (Å²) in [5.41, 5.74) is 3.24. The van der Waals surface area contributed by atoms with E-state index < -0.39 is 17.7 Å². The Balaban J connectivity index is 1.83. The smallest absolute Gasteiger partial charge is 0.418 e. The van der Waals surface area contributed by atoms with Crippen molar-refractivity contribution < 1.29 is 32.6 Å². The first-order valence-electron chi connectivity index (χ1n) is 13.5. The second-order valence-electron chi connectivity index (χ2n) is 9.65. The van der Waals surface area contributed by atoms with E-state index in [1.54, 1.807) is 30.3 Å². The van der Waals surface area contributed by atoms with Gasteiger partial charge in [-0.1, -0.05) is 50.2 Å². The molecule has 0 aliphatic heterocycles. The summed E-state index contributed by atoms with van der Waals surface area (Å²) in [7, 11) is 0. The number of ether oxygens (including phenoxy) is 1. The monoisotopic (exact) mass is 564 g/mol. The number of hydrogen-bond acceptors (Lipinski definition) is 4. The number of carboxylic acid groups (broad SMARTS) is 1.